The molecule has 2 N–H and O–H groups in total. The minimum Gasteiger partial charge on any atom is -0.494 e. The van der Waals surface area contributed by atoms with Gasteiger partial charge in [0.1, 0.15) is 5.75 Å². The van der Waals surface area contributed by atoms with Crippen LogP contribution >= 0.6 is 0 Å². The fourth-order valence-corrected chi connectivity index (χ4v) is 7.21. The van der Waals surface area contributed by atoms with E-state index in [9.17, 15) is 13.2 Å². The Morgan fingerprint density at radius 2 is 1.59 bits per heavy atom. The second kappa shape index (κ2) is 10.7. The lowest BCUT2D eigenvalue weighted by Gasteiger charge is -2.39. The smallest absolute Gasteiger partial charge is 0.239 e. The average Bonchev–Trinajstić information content (AvgIpc) is 3.78. The Morgan fingerprint density at radius 1 is 0.919 bits per heavy atom. The molecule has 0 bridgehead atoms. The van der Waals surface area contributed by atoms with Crippen LogP contribution in [-0.2, 0) is 21.1 Å². The summed E-state index contributed by atoms with van der Waals surface area (Å²) in [6, 6.07) is 25.8. The van der Waals surface area contributed by atoms with E-state index in [4.69, 9.17) is 10.5 Å². The molecule has 37 heavy (non-hydrogen) atoms. The van der Waals surface area contributed by atoms with Gasteiger partial charge in [0, 0.05) is 19.1 Å². The van der Waals surface area contributed by atoms with Crippen LogP contribution in [0.25, 0.3) is 11.1 Å². The molecule has 1 amide bonds. The second-order valence-corrected chi connectivity index (χ2v) is 12.4. The highest BCUT2D eigenvalue weighted by molar-refractivity contribution is 7.93. The largest absolute Gasteiger partial charge is 0.494 e. The van der Waals surface area contributed by atoms with Gasteiger partial charge in [0.05, 0.1) is 11.5 Å². The molecule has 1 saturated heterocycles. The fraction of sp³-hybridized carbons (Fsp3) is 0.367. The first-order chi connectivity index (χ1) is 17.9. The van der Waals surface area contributed by atoms with Gasteiger partial charge in [0.15, 0.2) is 14.6 Å². The van der Waals surface area contributed by atoms with Crippen LogP contribution in [0.1, 0.15) is 37.7 Å². The number of hydrogen-bond acceptors (Lipinski definition) is 5. The number of carbonyl (C=O) groups is 1. The van der Waals surface area contributed by atoms with E-state index in [1.807, 2.05) is 18.2 Å². The summed E-state index contributed by atoms with van der Waals surface area (Å²) in [7, 11) is -3.91. The molecule has 1 aliphatic heterocycles. The molecule has 194 valence electrons. The molecule has 0 atom stereocenters. The van der Waals surface area contributed by atoms with Crippen LogP contribution < -0.4 is 10.5 Å². The Kier molecular flexibility index (Phi) is 7.36. The first-order valence-corrected chi connectivity index (χ1v) is 14.5. The summed E-state index contributed by atoms with van der Waals surface area (Å²) in [5, 5.41) is 0. The molecule has 6 nitrogen and oxygen atoms in total. The van der Waals surface area contributed by atoms with Crippen molar-refractivity contribution >= 4 is 15.7 Å². The number of benzene rings is 3. The highest BCUT2D eigenvalue weighted by Crippen LogP contribution is 2.39. The number of primary amides is 1. The molecule has 1 heterocycles. The molecular formula is C30H34N2O4S. The van der Waals surface area contributed by atoms with Gasteiger partial charge < -0.3 is 15.4 Å². The number of ether oxygens (including phenoxy) is 1. The zero-order chi connectivity index (χ0) is 25.9. The molecule has 1 aliphatic carbocycles. The van der Waals surface area contributed by atoms with Gasteiger partial charge in [-0.05, 0) is 79.5 Å². The van der Waals surface area contributed by atoms with Crippen molar-refractivity contribution < 1.29 is 17.9 Å². The lowest BCUT2D eigenvalue weighted by Crippen LogP contribution is -2.57. The number of amides is 1. The third-order valence-electron chi connectivity index (χ3n) is 7.68. The highest BCUT2D eigenvalue weighted by atomic mass is 32.2. The van der Waals surface area contributed by atoms with Crippen molar-refractivity contribution in [1.82, 2.24) is 4.90 Å². The number of nitrogens with two attached hydrogens (primary N) is 1. The van der Waals surface area contributed by atoms with E-state index in [1.165, 1.54) is 28.8 Å². The van der Waals surface area contributed by atoms with Crippen molar-refractivity contribution in [2.45, 2.75) is 54.2 Å². The fourth-order valence-electron chi connectivity index (χ4n) is 5.28. The third kappa shape index (κ3) is 5.43. The molecule has 0 spiro atoms. The molecule has 2 aliphatic rings. The first-order valence-electron chi connectivity index (χ1n) is 13.0. The van der Waals surface area contributed by atoms with E-state index in [-0.39, 0.29) is 17.7 Å². The van der Waals surface area contributed by atoms with Crippen molar-refractivity contribution in [2.75, 3.05) is 19.7 Å². The van der Waals surface area contributed by atoms with Crippen LogP contribution in [0.15, 0.2) is 83.8 Å². The summed E-state index contributed by atoms with van der Waals surface area (Å²) in [6.07, 6.45) is 4.50. The predicted molar refractivity (Wildman–Crippen MR) is 145 cm³/mol. The van der Waals surface area contributed by atoms with Gasteiger partial charge in [-0.3, -0.25) is 4.79 Å². The Labute approximate surface area is 219 Å². The normalized spacial score (nSPS) is 17.8. The Hall–Kier alpha value is -3.16. The molecule has 1 saturated carbocycles. The topological polar surface area (TPSA) is 89.7 Å². The maximum Gasteiger partial charge on any atom is 0.239 e. The van der Waals surface area contributed by atoms with Crippen molar-refractivity contribution in [2.24, 2.45) is 5.73 Å². The SMILES string of the molecule is NC(=O)C1(S(=O)(=O)c2ccc(OCCCc3cccc(-c4ccccc4)c3)cc2)CCN(C2CC2)CC1. The molecule has 0 radical (unpaired) electrons. The van der Waals surface area contributed by atoms with Crippen LogP contribution in [0.2, 0.25) is 0 Å². The third-order valence-corrected chi connectivity index (χ3v) is 10.2. The van der Waals surface area contributed by atoms with Crippen LogP contribution in [0, 0.1) is 0 Å². The highest BCUT2D eigenvalue weighted by Gasteiger charge is 2.52. The van der Waals surface area contributed by atoms with Gasteiger partial charge >= 0.3 is 0 Å². The monoisotopic (exact) mass is 518 g/mol. The van der Waals surface area contributed by atoms with Gasteiger partial charge in [-0.15, -0.1) is 0 Å². The summed E-state index contributed by atoms with van der Waals surface area (Å²) in [5.41, 5.74) is 9.34. The standard InChI is InChI=1S/C30H34N2O4S/c31-29(33)30(17-19-32(20-18-30)26-11-12-26)37(34,35)28-15-13-27(14-16-28)36-21-5-7-23-6-4-10-25(22-23)24-8-2-1-3-9-24/h1-4,6,8-10,13-16,22,26H,5,7,11-12,17-21H2,(H2,31,33). The second-order valence-electron chi connectivity index (χ2n) is 10.1. The van der Waals surface area contributed by atoms with Crippen molar-refractivity contribution in [3.8, 4) is 16.9 Å². The lowest BCUT2D eigenvalue weighted by atomic mass is 9.95. The van der Waals surface area contributed by atoms with E-state index in [1.54, 1.807) is 12.1 Å². The maximum atomic E-state index is 13.5. The first kappa shape index (κ1) is 25.5. The van der Waals surface area contributed by atoms with E-state index >= 15 is 0 Å². The predicted octanol–water partition coefficient (Wildman–Crippen LogP) is 4.62. The maximum absolute atomic E-state index is 13.5. The number of piperidine rings is 1. The lowest BCUT2D eigenvalue weighted by molar-refractivity contribution is -0.121. The summed E-state index contributed by atoms with van der Waals surface area (Å²) in [6.45, 7) is 1.69. The molecule has 0 aromatic heterocycles. The molecule has 5 rings (SSSR count). The van der Waals surface area contributed by atoms with Gasteiger partial charge in [0.2, 0.25) is 5.91 Å². The minimum absolute atomic E-state index is 0.122. The van der Waals surface area contributed by atoms with Crippen molar-refractivity contribution in [3.63, 3.8) is 0 Å². The number of carbonyl (C=O) groups excluding carboxylic acids is 1. The van der Waals surface area contributed by atoms with Gasteiger partial charge in [0.25, 0.3) is 0 Å². The molecule has 0 unspecified atom stereocenters. The van der Waals surface area contributed by atoms with E-state index in [2.05, 4.69) is 41.3 Å². The molecule has 3 aromatic rings. The summed E-state index contributed by atoms with van der Waals surface area (Å²) in [5.74, 6) is -0.145. The number of hydrogen-bond donors (Lipinski definition) is 1. The average molecular weight is 519 g/mol. The Bertz CT molecular complexity index is 1330. The zero-order valence-electron chi connectivity index (χ0n) is 21.0. The zero-order valence-corrected chi connectivity index (χ0v) is 21.8. The van der Waals surface area contributed by atoms with Gasteiger partial charge in [-0.1, -0.05) is 54.6 Å². The van der Waals surface area contributed by atoms with E-state index in [0.29, 0.717) is 31.5 Å². The molecule has 2 fully saturated rings. The van der Waals surface area contributed by atoms with Gasteiger partial charge in [-0.25, -0.2) is 8.42 Å². The minimum atomic E-state index is -3.91. The number of likely N-dealkylation sites (tertiary alicyclic amines) is 1. The molecule has 7 heteroatoms. The quantitative estimate of drug-likeness (QED) is 0.396. The van der Waals surface area contributed by atoms with E-state index < -0.39 is 20.5 Å². The number of rotatable bonds is 10. The van der Waals surface area contributed by atoms with Crippen LogP contribution in [0.4, 0.5) is 0 Å². The number of sulfone groups is 1. The van der Waals surface area contributed by atoms with Crippen LogP contribution in [-0.4, -0.2) is 49.7 Å². The van der Waals surface area contributed by atoms with Gasteiger partial charge in [-0.2, -0.15) is 0 Å². The molecule has 3 aromatic carbocycles. The number of nitrogens with zero attached hydrogens (tertiary/aromatic N) is 1. The van der Waals surface area contributed by atoms with E-state index in [0.717, 1.165) is 25.7 Å². The van der Waals surface area contributed by atoms with Crippen molar-refractivity contribution in [3.05, 3.63) is 84.4 Å². The summed E-state index contributed by atoms with van der Waals surface area (Å²) < 4.78 is 31.4. The van der Waals surface area contributed by atoms with Crippen LogP contribution in [0.3, 0.4) is 0 Å². The van der Waals surface area contributed by atoms with Crippen molar-refractivity contribution in [1.29, 1.82) is 0 Å². The Morgan fingerprint density at radius 3 is 2.24 bits per heavy atom. The summed E-state index contributed by atoms with van der Waals surface area (Å²) >= 11 is 0. The number of aryl methyl sites for hydroxylation is 1. The summed E-state index contributed by atoms with van der Waals surface area (Å²) in [4.78, 5) is 14.9. The Balaban J connectivity index is 1.17. The molecular weight excluding hydrogens is 484 g/mol. The van der Waals surface area contributed by atoms with Crippen LogP contribution in [0.5, 0.6) is 5.75 Å².